The molecule has 0 atom stereocenters. The van der Waals surface area contributed by atoms with Gasteiger partial charge in [0.2, 0.25) is 0 Å². The fraction of sp³-hybridized carbons (Fsp3) is 0.188. The summed E-state index contributed by atoms with van der Waals surface area (Å²) < 4.78 is 5.46. The van der Waals surface area contributed by atoms with Crippen LogP contribution < -0.4 is 4.90 Å². The predicted octanol–water partition coefficient (Wildman–Crippen LogP) is 4.77. The van der Waals surface area contributed by atoms with Crippen LogP contribution in [0.15, 0.2) is 42.5 Å². The van der Waals surface area contributed by atoms with Crippen molar-refractivity contribution in [2.24, 2.45) is 0 Å². The lowest BCUT2D eigenvalue weighted by Crippen LogP contribution is -2.41. The van der Waals surface area contributed by atoms with E-state index in [4.69, 9.17) is 16.3 Å². The van der Waals surface area contributed by atoms with Crippen LogP contribution in [0.3, 0.4) is 0 Å². The molecule has 0 unspecified atom stereocenters. The van der Waals surface area contributed by atoms with Crippen LogP contribution in [0, 0.1) is 10.1 Å². The quantitative estimate of drug-likeness (QED) is 0.586. The van der Waals surface area contributed by atoms with E-state index >= 15 is 0 Å². The molecule has 1 aliphatic rings. The molecule has 0 saturated carbocycles. The predicted molar refractivity (Wildman–Crippen MR) is 86.2 cm³/mol. The highest BCUT2D eigenvalue weighted by Crippen LogP contribution is 2.47. The Bertz CT molecular complexity index is 819. The molecule has 2 aromatic rings. The topological polar surface area (TPSA) is 72.7 Å². The average Bonchev–Trinajstić information content (AvgIpc) is 2.46. The monoisotopic (exact) mass is 332 g/mol. The van der Waals surface area contributed by atoms with Crippen molar-refractivity contribution in [1.82, 2.24) is 0 Å². The number of carbonyl (C=O) groups is 1. The number of cyclic esters (lactones) is 1. The fourth-order valence-electron chi connectivity index (χ4n) is 2.74. The molecule has 1 heterocycles. The second-order valence-electron chi connectivity index (χ2n) is 5.59. The van der Waals surface area contributed by atoms with Crippen LogP contribution >= 0.6 is 11.6 Å². The van der Waals surface area contributed by atoms with Crippen LogP contribution in [-0.2, 0) is 10.3 Å². The zero-order chi connectivity index (χ0) is 16.8. The van der Waals surface area contributed by atoms with Gasteiger partial charge in [0, 0.05) is 16.7 Å². The van der Waals surface area contributed by atoms with E-state index in [1.807, 2.05) is 0 Å². The van der Waals surface area contributed by atoms with Gasteiger partial charge in [-0.15, -0.1) is 0 Å². The largest absolute Gasteiger partial charge is 0.438 e. The highest BCUT2D eigenvalue weighted by molar-refractivity contribution is 6.32. The highest BCUT2D eigenvalue weighted by Gasteiger charge is 2.42. The van der Waals surface area contributed by atoms with Gasteiger partial charge in [0.1, 0.15) is 11.3 Å². The summed E-state index contributed by atoms with van der Waals surface area (Å²) in [5.74, 6) is 0. The van der Waals surface area contributed by atoms with Crippen LogP contribution in [-0.4, -0.2) is 11.0 Å². The zero-order valence-electron chi connectivity index (χ0n) is 12.4. The first-order valence-electron chi connectivity index (χ1n) is 6.88. The number of halogens is 1. The number of benzene rings is 2. The standard InChI is InChI=1S/C16H13ClN2O4/c1-16(2)14-10(17)6-5-9-13(14)18(15(20)23-16)11-7-3-4-8-12(11)19(21)22/h3-9H,1-2H3. The van der Waals surface area contributed by atoms with Crippen LogP contribution in [0.4, 0.5) is 21.9 Å². The Balaban J connectivity index is 2.28. The molecule has 6 nitrogen and oxygen atoms in total. The van der Waals surface area contributed by atoms with Crippen molar-refractivity contribution in [3.05, 3.63) is 63.2 Å². The molecule has 0 radical (unpaired) electrons. The molecule has 0 aromatic heterocycles. The molecule has 23 heavy (non-hydrogen) atoms. The van der Waals surface area contributed by atoms with Gasteiger partial charge in [0.25, 0.3) is 5.69 Å². The van der Waals surface area contributed by atoms with Crippen LogP contribution in [0.25, 0.3) is 0 Å². The smallest absolute Gasteiger partial charge is 0.420 e. The Labute approximate surface area is 137 Å². The number of nitrogens with zero attached hydrogens (tertiary/aromatic N) is 2. The van der Waals surface area contributed by atoms with Crippen molar-refractivity contribution in [2.75, 3.05) is 4.90 Å². The van der Waals surface area contributed by atoms with E-state index in [0.717, 1.165) is 0 Å². The number of para-hydroxylation sites is 2. The summed E-state index contributed by atoms with van der Waals surface area (Å²) in [6.07, 6.45) is -0.681. The summed E-state index contributed by atoms with van der Waals surface area (Å²) in [6, 6.07) is 11.1. The molecule has 0 N–H and O–H groups in total. The summed E-state index contributed by atoms with van der Waals surface area (Å²) in [7, 11) is 0. The van der Waals surface area contributed by atoms with Gasteiger partial charge in [-0.05, 0) is 32.0 Å². The lowest BCUT2D eigenvalue weighted by atomic mass is 9.93. The van der Waals surface area contributed by atoms with Crippen molar-refractivity contribution in [1.29, 1.82) is 0 Å². The molecule has 1 aliphatic heterocycles. The minimum Gasteiger partial charge on any atom is -0.438 e. The van der Waals surface area contributed by atoms with Crippen molar-refractivity contribution < 1.29 is 14.5 Å². The molecule has 118 valence electrons. The molecular formula is C16H13ClN2O4. The molecule has 0 bridgehead atoms. The molecule has 0 saturated heterocycles. The summed E-state index contributed by atoms with van der Waals surface area (Å²) in [4.78, 5) is 24.4. The summed E-state index contributed by atoms with van der Waals surface area (Å²) >= 11 is 6.28. The number of fused-ring (bicyclic) bond motifs is 1. The number of ether oxygens (including phenoxy) is 1. The van der Waals surface area contributed by atoms with E-state index in [2.05, 4.69) is 0 Å². The molecule has 3 rings (SSSR count). The van der Waals surface area contributed by atoms with E-state index in [-0.39, 0.29) is 11.4 Å². The number of nitro benzene ring substituents is 1. The lowest BCUT2D eigenvalue weighted by molar-refractivity contribution is -0.384. The SMILES string of the molecule is CC1(C)OC(=O)N(c2ccccc2[N+](=O)[O-])c2cccc(Cl)c21. The van der Waals surface area contributed by atoms with Gasteiger partial charge in [-0.1, -0.05) is 29.8 Å². The van der Waals surface area contributed by atoms with Gasteiger partial charge in [0.15, 0.2) is 0 Å². The average molecular weight is 333 g/mol. The number of nitro groups is 1. The van der Waals surface area contributed by atoms with Crippen molar-refractivity contribution in [2.45, 2.75) is 19.4 Å². The minimum atomic E-state index is -0.926. The minimum absolute atomic E-state index is 0.140. The molecule has 2 aromatic carbocycles. The molecule has 0 spiro atoms. The molecule has 7 heteroatoms. The van der Waals surface area contributed by atoms with Crippen LogP contribution in [0.2, 0.25) is 5.02 Å². The van der Waals surface area contributed by atoms with Gasteiger partial charge >= 0.3 is 6.09 Å². The zero-order valence-corrected chi connectivity index (χ0v) is 13.2. The summed E-state index contributed by atoms with van der Waals surface area (Å²) in [5.41, 5.74) is 0.120. The van der Waals surface area contributed by atoms with E-state index < -0.39 is 16.6 Å². The number of amides is 1. The van der Waals surface area contributed by atoms with Gasteiger partial charge in [-0.25, -0.2) is 9.69 Å². The third-order valence-electron chi connectivity index (χ3n) is 3.68. The Hall–Kier alpha value is -2.60. The maximum absolute atomic E-state index is 12.5. The van der Waals surface area contributed by atoms with Gasteiger partial charge in [-0.2, -0.15) is 0 Å². The Morgan fingerprint density at radius 1 is 1.13 bits per heavy atom. The van der Waals surface area contributed by atoms with Gasteiger partial charge < -0.3 is 4.74 Å². The second kappa shape index (κ2) is 5.24. The normalized spacial score (nSPS) is 15.8. The summed E-state index contributed by atoms with van der Waals surface area (Å²) in [5, 5.41) is 11.7. The van der Waals surface area contributed by atoms with Gasteiger partial charge in [-0.3, -0.25) is 10.1 Å². The van der Waals surface area contributed by atoms with Crippen LogP contribution in [0.5, 0.6) is 0 Å². The summed E-state index contributed by atoms with van der Waals surface area (Å²) in [6.45, 7) is 3.46. The molecule has 1 amide bonds. The highest BCUT2D eigenvalue weighted by atomic mass is 35.5. The third kappa shape index (κ3) is 2.41. The first-order chi connectivity index (χ1) is 10.8. The van der Waals surface area contributed by atoms with E-state index in [9.17, 15) is 14.9 Å². The maximum atomic E-state index is 12.5. The Kier molecular flexibility index (Phi) is 3.49. The first-order valence-corrected chi connectivity index (χ1v) is 7.26. The number of anilines is 2. The van der Waals surface area contributed by atoms with Crippen LogP contribution in [0.1, 0.15) is 19.4 Å². The third-order valence-corrected chi connectivity index (χ3v) is 3.99. The van der Waals surface area contributed by atoms with Crippen molar-refractivity contribution >= 4 is 34.8 Å². The number of hydrogen-bond donors (Lipinski definition) is 0. The van der Waals surface area contributed by atoms with E-state index in [1.165, 1.54) is 17.0 Å². The lowest BCUT2D eigenvalue weighted by Gasteiger charge is -2.38. The molecule has 0 fully saturated rings. The van der Waals surface area contributed by atoms with Gasteiger partial charge in [0.05, 0.1) is 10.6 Å². The number of carbonyl (C=O) groups excluding carboxylic acids is 1. The second-order valence-corrected chi connectivity index (χ2v) is 6.00. The van der Waals surface area contributed by atoms with E-state index in [0.29, 0.717) is 16.3 Å². The number of hydrogen-bond acceptors (Lipinski definition) is 4. The van der Waals surface area contributed by atoms with E-state index in [1.54, 1.807) is 44.2 Å². The van der Waals surface area contributed by atoms with Crippen molar-refractivity contribution in [3.8, 4) is 0 Å². The Morgan fingerprint density at radius 3 is 2.48 bits per heavy atom. The maximum Gasteiger partial charge on any atom is 0.420 e. The molecule has 0 aliphatic carbocycles. The first kappa shape index (κ1) is 15.3. The van der Waals surface area contributed by atoms with Crippen molar-refractivity contribution in [3.63, 3.8) is 0 Å². The molecular weight excluding hydrogens is 320 g/mol. The fourth-order valence-corrected chi connectivity index (χ4v) is 3.14. The number of rotatable bonds is 2. The Morgan fingerprint density at radius 2 is 1.78 bits per heavy atom.